The Hall–Kier alpha value is -8.00. The van der Waals surface area contributed by atoms with Gasteiger partial charge in [-0.15, -0.1) is 0 Å². The lowest BCUT2D eigenvalue weighted by molar-refractivity contribution is 0.633. The highest BCUT2D eigenvalue weighted by Gasteiger charge is 2.58. The summed E-state index contributed by atoms with van der Waals surface area (Å²) in [5, 5.41) is 0. The Morgan fingerprint density at radius 2 is 0.508 bits per heavy atom. The number of fused-ring (bicyclic) bond motifs is 16. The van der Waals surface area contributed by atoms with Crippen molar-refractivity contribution in [2.24, 2.45) is 0 Å². The van der Waals surface area contributed by atoms with Gasteiger partial charge in [0.05, 0.1) is 10.8 Å². The second-order valence-electron chi connectivity index (χ2n) is 17.1. The first kappa shape index (κ1) is 35.7. The van der Waals surface area contributed by atoms with Crippen LogP contribution in [0.3, 0.4) is 0 Å². The minimum atomic E-state index is -0.565. The number of hydrogen-bond acceptors (Lipinski definition) is 1. The molecule has 3 aliphatic carbocycles. The molecule has 0 fully saturated rings. The third-order valence-corrected chi connectivity index (χ3v) is 14.2. The first-order valence-electron chi connectivity index (χ1n) is 22.0. The maximum atomic E-state index is 2.50. The summed E-state index contributed by atoms with van der Waals surface area (Å²) < 4.78 is 0. The second kappa shape index (κ2) is 13.8. The monoisotopic (exact) mass is 799 g/mol. The lowest BCUT2D eigenvalue weighted by Crippen LogP contribution is -2.43. The van der Waals surface area contributed by atoms with Crippen molar-refractivity contribution in [2.75, 3.05) is 4.90 Å². The van der Waals surface area contributed by atoms with Gasteiger partial charge in [-0.1, -0.05) is 212 Å². The molecule has 294 valence electrons. The van der Waals surface area contributed by atoms with Crippen molar-refractivity contribution in [1.82, 2.24) is 0 Å². The summed E-state index contributed by atoms with van der Waals surface area (Å²) in [7, 11) is 0. The van der Waals surface area contributed by atoms with Crippen LogP contribution in [0.5, 0.6) is 0 Å². The van der Waals surface area contributed by atoms with Crippen molar-refractivity contribution >= 4 is 17.1 Å². The van der Waals surface area contributed by atoms with Crippen LogP contribution in [0.1, 0.15) is 44.5 Å². The number of rotatable bonds is 5. The molecule has 0 unspecified atom stereocenters. The van der Waals surface area contributed by atoms with Gasteiger partial charge in [-0.2, -0.15) is 0 Å². The van der Waals surface area contributed by atoms with Crippen molar-refractivity contribution < 1.29 is 0 Å². The van der Waals surface area contributed by atoms with Gasteiger partial charge in [0.25, 0.3) is 0 Å². The highest BCUT2D eigenvalue weighted by Crippen LogP contribution is 2.67. The molecule has 0 radical (unpaired) electrons. The predicted octanol–water partition coefficient (Wildman–Crippen LogP) is 15.5. The summed E-state index contributed by atoms with van der Waals surface area (Å²) in [6, 6.07) is 92.7. The largest absolute Gasteiger partial charge is 0.310 e. The minimum Gasteiger partial charge on any atom is -0.310 e. The SMILES string of the molecule is c1ccc(-c2ccc(-c3ccc(N(c4ccccc4)c4ccc5c(c4)C4(c6ccccc6-5)c5ccccc5C5(c6ccccc6-c6ccccc65)c5ccccc54)cc3)cc2)cc1. The standard InChI is InChI=1S/C62H41N/c1-3-17-42(18-4-1)43-31-33-44(34-32-43)45-35-37-47(38-36-45)63(46-19-5-2-6-20-46)48-39-40-52-51-23-9-12-26-55(51)62(60(52)41-48)58-29-15-13-27-56(58)61(57-28-14-16-30-59(57)62)53-24-10-7-21-49(53)50-22-8-11-25-54(50)61/h1-41H. The van der Waals surface area contributed by atoms with Crippen molar-refractivity contribution in [2.45, 2.75) is 10.8 Å². The van der Waals surface area contributed by atoms with E-state index in [1.165, 1.54) is 89.0 Å². The van der Waals surface area contributed by atoms with Crippen LogP contribution in [0.2, 0.25) is 0 Å². The van der Waals surface area contributed by atoms with E-state index < -0.39 is 10.8 Å². The second-order valence-corrected chi connectivity index (χ2v) is 17.1. The molecule has 0 saturated carbocycles. The molecule has 13 rings (SSSR count). The Morgan fingerprint density at radius 3 is 0.968 bits per heavy atom. The van der Waals surface area contributed by atoms with Crippen molar-refractivity contribution in [3.05, 3.63) is 293 Å². The molecular formula is C62H41N. The van der Waals surface area contributed by atoms with E-state index in [-0.39, 0.29) is 0 Å². The third kappa shape index (κ3) is 4.94. The zero-order valence-electron chi connectivity index (χ0n) is 34.6. The summed E-state index contributed by atoms with van der Waals surface area (Å²) in [6.45, 7) is 0. The summed E-state index contributed by atoms with van der Waals surface area (Å²) in [5.74, 6) is 0. The summed E-state index contributed by atoms with van der Waals surface area (Å²) in [5.41, 5.74) is 23.1. The molecule has 1 heteroatoms. The van der Waals surface area contributed by atoms with Crippen LogP contribution in [-0.2, 0) is 10.8 Å². The molecule has 63 heavy (non-hydrogen) atoms. The Morgan fingerprint density at radius 1 is 0.206 bits per heavy atom. The van der Waals surface area contributed by atoms with E-state index in [9.17, 15) is 0 Å². The number of benzene rings is 10. The molecule has 3 aliphatic rings. The fourth-order valence-electron chi connectivity index (χ4n) is 11.7. The molecule has 10 aromatic rings. The highest BCUT2D eigenvalue weighted by molar-refractivity contribution is 5.95. The lowest BCUT2D eigenvalue weighted by atomic mass is 9.52. The molecule has 0 atom stereocenters. The van der Waals surface area contributed by atoms with E-state index in [1.807, 2.05) is 0 Å². The molecule has 0 saturated heterocycles. The lowest BCUT2D eigenvalue weighted by Gasteiger charge is -2.49. The van der Waals surface area contributed by atoms with Crippen LogP contribution in [-0.4, -0.2) is 0 Å². The van der Waals surface area contributed by atoms with Crippen LogP contribution in [0.25, 0.3) is 44.5 Å². The number of para-hydroxylation sites is 1. The van der Waals surface area contributed by atoms with Gasteiger partial charge in [-0.25, -0.2) is 0 Å². The highest BCUT2D eigenvalue weighted by atomic mass is 15.1. The van der Waals surface area contributed by atoms with Crippen LogP contribution in [0, 0.1) is 0 Å². The number of anilines is 3. The quantitative estimate of drug-likeness (QED) is 0.168. The molecular weight excluding hydrogens is 759 g/mol. The van der Waals surface area contributed by atoms with Gasteiger partial charge in [0.1, 0.15) is 0 Å². The Balaban J connectivity index is 1.02. The number of hydrogen-bond donors (Lipinski definition) is 0. The molecule has 0 heterocycles. The predicted molar refractivity (Wildman–Crippen MR) is 260 cm³/mol. The van der Waals surface area contributed by atoms with Gasteiger partial charge in [-0.05, 0) is 125 Å². The summed E-state index contributed by atoms with van der Waals surface area (Å²) in [4.78, 5) is 2.42. The van der Waals surface area contributed by atoms with Gasteiger partial charge in [0.2, 0.25) is 0 Å². The van der Waals surface area contributed by atoms with Crippen molar-refractivity contribution in [1.29, 1.82) is 0 Å². The molecule has 0 aromatic heterocycles. The zero-order valence-corrected chi connectivity index (χ0v) is 34.6. The van der Waals surface area contributed by atoms with Gasteiger partial charge >= 0.3 is 0 Å². The van der Waals surface area contributed by atoms with Crippen LogP contribution >= 0.6 is 0 Å². The van der Waals surface area contributed by atoms with E-state index >= 15 is 0 Å². The fourth-order valence-corrected chi connectivity index (χ4v) is 11.7. The molecule has 0 bridgehead atoms. The molecule has 1 nitrogen and oxygen atoms in total. The fraction of sp³-hybridized carbons (Fsp3) is 0.0323. The maximum absolute atomic E-state index is 2.50. The van der Waals surface area contributed by atoms with Crippen molar-refractivity contribution in [3.8, 4) is 44.5 Å². The topological polar surface area (TPSA) is 3.24 Å². The molecule has 0 aliphatic heterocycles. The summed E-state index contributed by atoms with van der Waals surface area (Å²) in [6.07, 6.45) is 0. The van der Waals surface area contributed by atoms with E-state index in [1.54, 1.807) is 0 Å². The third-order valence-electron chi connectivity index (χ3n) is 14.2. The minimum absolute atomic E-state index is 0.472. The van der Waals surface area contributed by atoms with E-state index in [0.717, 1.165) is 17.1 Å². The molecule has 10 aromatic carbocycles. The number of nitrogens with zero attached hydrogens (tertiary/aromatic N) is 1. The van der Waals surface area contributed by atoms with Crippen LogP contribution in [0.15, 0.2) is 249 Å². The maximum Gasteiger partial charge on any atom is 0.0720 e. The van der Waals surface area contributed by atoms with E-state index in [4.69, 9.17) is 0 Å². The average molecular weight is 800 g/mol. The van der Waals surface area contributed by atoms with Gasteiger partial charge in [-0.3, -0.25) is 0 Å². The molecule has 2 spiro atoms. The average Bonchev–Trinajstić information content (AvgIpc) is 3.82. The van der Waals surface area contributed by atoms with E-state index in [0.29, 0.717) is 0 Å². The van der Waals surface area contributed by atoms with Crippen molar-refractivity contribution in [3.63, 3.8) is 0 Å². The van der Waals surface area contributed by atoms with Gasteiger partial charge in [0.15, 0.2) is 0 Å². The normalized spacial score (nSPS) is 14.0. The van der Waals surface area contributed by atoms with Crippen LogP contribution in [0.4, 0.5) is 17.1 Å². The Bertz CT molecular complexity index is 3290. The molecule has 0 N–H and O–H groups in total. The first-order chi connectivity index (χ1) is 31.3. The Kier molecular flexibility index (Phi) is 7.80. The first-order valence-corrected chi connectivity index (χ1v) is 22.0. The zero-order chi connectivity index (χ0) is 41.5. The summed E-state index contributed by atoms with van der Waals surface area (Å²) >= 11 is 0. The van der Waals surface area contributed by atoms with Gasteiger partial charge in [0, 0.05) is 17.1 Å². The van der Waals surface area contributed by atoms with E-state index in [2.05, 4.69) is 254 Å². The van der Waals surface area contributed by atoms with Gasteiger partial charge < -0.3 is 4.90 Å². The Labute approximate surface area is 368 Å². The smallest absolute Gasteiger partial charge is 0.0720 e. The molecule has 0 amide bonds. The van der Waals surface area contributed by atoms with Crippen LogP contribution < -0.4 is 4.90 Å².